The van der Waals surface area contributed by atoms with E-state index in [4.69, 9.17) is 18.9 Å². The maximum atomic E-state index is 12.1. The molecule has 2 unspecified atom stereocenters. The highest BCUT2D eigenvalue weighted by Crippen LogP contribution is 2.07. The van der Waals surface area contributed by atoms with Gasteiger partial charge >= 0.3 is 24.1 Å². The first-order valence-corrected chi connectivity index (χ1v) is 12.7. The molecule has 0 saturated carbocycles. The third-order valence-electron chi connectivity index (χ3n) is 5.40. The lowest BCUT2D eigenvalue weighted by molar-refractivity contribution is 0.0220. The van der Waals surface area contributed by atoms with E-state index in [-0.39, 0.29) is 26.3 Å². The van der Waals surface area contributed by atoms with Gasteiger partial charge in [-0.15, -0.1) is 0 Å². The van der Waals surface area contributed by atoms with Crippen molar-refractivity contribution in [3.05, 3.63) is 107 Å². The minimum Gasteiger partial charge on any atom is -0.458 e. The zero-order valence-corrected chi connectivity index (χ0v) is 22.3. The Kier molecular flexibility index (Phi) is 11.5. The van der Waals surface area contributed by atoms with Crippen LogP contribution in [0.2, 0.25) is 0 Å². The van der Waals surface area contributed by atoms with Gasteiger partial charge in [0, 0.05) is 13.1 Å². The minimum absolute atomic E-state index is 0.0769. The van der Waals surface area contributed by atoms with E-state index in [1.54, 1.807) is 80.6 Å². The number of benzene rings is 3. The lowest BCUT2D eigenvalue weighted by Crippen LogP contribution is -2.30. The predicted molar refractivity (Wildman–Crippen MR) is 145 cm³/mol. The van der Waals surface area contributed by atoms with Gasteiger partial charge in [-0.25, -0.2) is 19.2 Å². The van der Waals surface area contributed by atoms with Crippen LogP contribution in [0.3, 0.4) is 0 Å². The van der Waals surface area contributed by atoms with Gasteiger partial charge in [0.2, 0.25) is 0 Å². The zero-order chi connectivity index (χ0) is 28.7. The molecule has 0 fully saturated rings. The molecule has 2 amide bonds. The molecule has 0 aliphatic heterocycles. The molecule has 0 heterocycles. The van der Waals surface area contributed by atoms with Crippen LogP contribution in [-0.4, -0.2) is 49.5 Å². The lowest BCUT2D eigenvalue weighted by Gasteiger charge is -2.15. The number of amides is 2. The van der Waals surface area contributed by atoms with Crippen molar-refractivity contribution in [1.82, 2.24) is 10.6 Å². The van der Waals surface area contributed by atoms with E-state index in [1.807, 2.05) is 18.2 Å². The molecule has 0 spiro atoms. The van der Waals surface area contributed by atoms with Crippen molar-refractivity contribution in [2.45, 2.75) is 39.1 Å². The van der Waals surface area contributed by atoms with Crippen molar-refractivity contribution in [3.63, 3.8) is 0 Å². The molecule has 40 heavy (non-hydrogen) atoms. The standard InChI is InChI=1S/C30H32N2O8/c1-21(19-37-27(33)25-12-5-3-6-13-25)39-29(35)31-17-23-10-9-11-24(16-23)18-32-30(36)40-22(2)20-38-28(34)26-14-7-4-8-15-26/h3-16,21-22H,17-20H2,1-2H3,(H,31,35)(H,32,36). The molecule has 0 aliphatic rings. The van der Waals surface area contributed by atoms with Crippen molar-refractivity contribution in [3.8, 4) is 0 Å². The lowest BCUT2D eigenvalue weighted by atomic mass is 10.1. The fraction of sp³-hybridized carbons (Fsp3) is 0.267. The third kappa shape index (κ3) is 10.5. The third-order valence-corrected chi connectivity index (χ3v) is 5.40. The minimum atomic E-state index is -0.655. The molecule has 3 rings (SSSR count). The first-order valence-electron chi connectivity index (χ1n) is 12.7. The van der Waals surface area contributed by atoms with E-state index in [0.29, 0.717) is 11.1 Å². The highest BCUT2D eigenvalue weighted by molar-refractivity contribution is 5.89. The summed E-state index contributed by atoms with van der Waals surface area (Å²) in [4.78, 5) is 48.3. The number of ether oxygens (including phenoxy) is 4. The van der Waals surface area contributed by atoms with Crippen molar-refractivity contribution >= 4 is 24.1 Å². The van der Waals surface area contributed by atoms with Gasteiger partial charge in [-0.2, -0.15) is 0 Å². The van der Waals surface area contributed by atoms with Crippen LogP contribution in [0.5, 0.6) is 0 Å². The normalized spacial score (nSPS) is 11.8. The molecule has 0 aliphatic carbocycles. The smallest absolute Gasteiger partial charge is 0.407 e. The van der Waals surface area contributed by atoms with Gasteiger partial charge in [-0.3, -0.25) is 0 Å². The van der Waals surface area contributed by atoms with E-state index in [9.17, 15) is 19.2 Å². The summed E-state index contributed by atoms with van der Waals surface area (Å²) in [5.41, 5.74) is 2.41. The van der Waals surface area contributed by atoms with Crippen LogP contribution in [0.15, 0.2) is 84.9 Å². The molecule has 3 aromatic rings. The molecule has 0 saturated heterocycles. The van der Waals surface area contributed by atoms with Crippen molar-refractivity contribution in [2.24, 2.45) is 0 Å². The van der Waals surface area contributed by atoms with Gasteiger partial charge < -0.3 is 29.6 Å². The highest BCUT2D eigenvalue weighted by atomic mass is 16.6. The van der Waals surface area contributed by atoms with Crippen molar-refractivity contribution in [2.75, 3.05) is 13.2 Å². The summed E-state index contributed by atoms with van der Waals surface area (Å²) < 4.78 is 20.8. The Hall–Kier alpha value is -4.86. The summed E-state index contributed by atoms with van der Waals surface area (Å²) >= 11 is 0. The summed E-state index contributed by atoms with van der Waals surface area (Å²) in [6.07, 6.45) is -2.59. The molecular formula is C30H32N2O8. The Morgan fingerprint density at radius 2 is 1.00 bits per heavy atom. The van der Waals surface area contributed by atoms with Crippen molar-refractivity contribution < 1.29 is 38.1 Å². The van der Waals surface area contributed by atoms with E-state index in [0.717, 1.165) is 11.1 Å². The summed E-state index contributed by atoms with van der Waals surface area (Å²) in [6.45, 7) is 3.47. The summed E-state index contributed by atoms with van der Waals surface area (Å²) in [5.74, 6) is -0.988. The number of hydrogen-bond donors (Lipinski definition) is 2. The summed E-state index contributed by atoms with van der Waals surface area (Å²) in [5, 5.41) is 5.29. The van der Waals surface area contributed by atoms with E-state index >= 15 is 0 Å². The second-order valence-corrected chi connectivity index (χ2v) is 8.89. The van der Waals surface area contributed by atoms with Gasteiger partial charge in [0.15, 0.2) is 0 Å². The number of hydrogen-bond acceptors (Lipinski definition) is 8. The molecule has 0 aromatic heterocycles. The molecule has 10 nitrogen and oxygen atoms in total. The Labute approximate surface area is 232 Å². The number of alkyl carbamates (subject to hydrolysis) is 2. The maximum absolute atomic E-state index is 12.1. The fourth-order valence-corrected chi connectivity index (χ4v) is 3.42. The first-order chi connectivity index (χ1) is 19.3. The maximum Gasteiger partial charge on any atom is 0.407 e. The number of nitrogens with one attached hydrogen (secondary N) is 2. The molecule has 0 radical (unpaired) electrons. The van der Waals surface area contributed by atoms with Gasteiger partial charge in [0.1, 0.15) is 25.4 Å². The van der Waals surface area contributed by atoms with Crippen LogP contribution in [0.25, 0.3) is 0 Å². The predicted octanol–water partition coefficient (Wildman–Crippen LogP) is 4.63. The molecule has 210 valence electrons. The molecule has 0 bridgehead atoms. The molecule has 3 aromatic carbocycles. The largest absolute Gasteiger partial charge is 0.458 e. The van der Waals surface area contributed by atoms with Gasteiger partial charge in [0.05, 0.1) is 11.1 Å². The molecular weight excluding hydrogens is 516 g/mol. The van der Waals surface area contributed by atoms with Gasteiger partial charge in [-0.05, 0) is 49.2 Å². The van der Waals surface area contributed by atoms with E-state index in [2.05, 4.69) is 10.6 Å². The van der Waals surface area contributed by atoms with Crippen LogP contribution in [-0.2, 0) is 32.0 Å². The van der Waals surface area contributed by atoms with E-state index in [1.165, 1.54) is 0 Å². The van der Waals surface area contributed by atoms with Crippen LogP contribution >= 0.6 is 0 Å². The van der Waals surface area contributed by atoms with Gasteiger partial charge in [0.25, 0.3) is 0 Å². The quantitative estimate of drug-likeness (QED) is 0.248. The monoisotopic (exact) mass is 548 g/mol. The Morgan fingerprint density at radius 1 is 0.600 bits per heavy atom. The van der Waals surface area contributed by atoms with Gasteiger partial charge in [-0.1, -0.05) is 60.7 Å². The Morgan fingerprint density at radius 3 is 1.40 bits per heavy atom. The number of carbonyl (C=O) groups excluding carboxylic acids is 4. The average molecular weight is 549 g/mol. The average Bonchev–Trinajstić information content (AvgIpc) is 2.97. The summed E-state index contributed by atoms with van der Waals surface area (Å²) in [6, 6.07) is 24.3. The fourth-order valence-electron chi connectivity index (χ4n) is 3.42. The van der Waals surface area contributed by atoms with Crippen LogP contribution in [0.4, 0.5) is 9.59 Å². The number of carbonyl (C=O) groups is 4. The van der Waals surface area contributed by atoms with Crippen LogP contribution in [0.1, 0.15) is 45.7 Å². The Bertz CT molecular complexity index is 1170. The number of rotatable bonds is 12. The molecule has 10 heteroatoms. The second kappa shape index (κ2) is 15.5. The van der Waals surface area contributed by atoms with Crippen LogP contribution < -0.4 is 10.6 Å². The SMILES string of the molecule is CC(COC(=O)c1ccccc1)OC(=O)NCc1cccc(CNC(=O)OC(C)COC(=O)c2ccccc2)c1. The number of esters is 2. The zero-order valence-electron chi connectivity index (χ0n) is 22.3. The molecule has 2 N–H and O–H groups in total. The first kappa shape index (κ1) is 29.7. The van der Waals surface area contributed by atoms with Crippen molar-refractivity contribution in [1.29, 1.82) is 0 Å². The molecule has 2 atom stereocenters. The second-order valence-electron chi connectivity index (χ2n) is 8.89. The Balaban J connectivity index is 1.33. The highest BCUT2D eigenvalue weighted by Gasteiger charge is 2.15. The van der Waals surface area contributed by atoms with Crippen LogP contribution in [0, 0.1) is 0 Å². The topological polar surface area (TPSA) is 129 Å². The summed E-state index contributed by atoms with van der Waals surface area (Å²) in [7, 11) is 0. The van der Waals surface area contributed by atoms with E-state index < -0.39 is 36.3 Å².